The van der Waals surface area contributed by atoms with Crippen LogP contribution in [-0.4, -0.2) is 56.4 Å². The number of piperidine rings is 1. The SMILES string of the molecule is CCCCN(C(=O)CC(C)C1CCNCC1)C1CCS(=O)(=O)C1. The predicted molar refractivity (Wildman–Crippen MR) is 93.1 cm³/mol. The third kappa shape index (κ3) is 5.45. The first-order chi connectivity index (χ1) is 10.9. The standard InChI is InChI=1S/C17H32N2O3S/c1-3-4-10-19(16-7-11-23(21,22)13-16)17(20)12-14(2)15-5-8-18-9-6-15/h14-16,18H,3-13H2,1-2H3. The molecule has 2 saturated heterocycles. The summed E-state index contributed by atoms with van der Waals surface area (Å²) in [4.78, 5) is 14.7. The summed E-state index contributed by atoms with van der Waals surface area (Å²) >= 11 is 0. The van der Waals surface area contributed by atoms with Gasteiger partial charge in [-0.3, -0.25) is 4.79 Å². The zero-order chi connectivity index (χ0) is 16.9. The Morgan fingerprint density at radius 2 is 1.96 bits per heavy atom. The van der Waals surface area contributed by atoms with Gasteiger partial charge in [-0.05, 0) is 50.6 Å². The molecule has 0 spiro atoms. The van der Waals surface area contributed by atoms with Gasteiger partial charge in [-0.1, -0.05) is 20.3 Å². The molecule has 0 aromatic heterocycles. The smallest absolute Gasteiger partial charge is 0.223 e. The number of amides is 1. The van der Waals surface area contributed by atoms with Gasteiger partial charge in [0.05, 0.1) is 11.5 Å². The summed E-state index contributed by atoms with van der Waals surface area (Å²) in [6, 6.07) is -0.0979. The van der Waals surface area contributed by atoms with Crippen LogP contribution in [0, 0.1) is 11.8 Å². The van der Waals surface area contributed by atoms with Crippen molar-refractivity contribution >= 4 is 15.7 Å². The molecule has 0 saturated carbocycles. The van der Waals surface area contributed by atoms with E-state index >= 15 is 0 Å². The summed E-state index contributed by atoms with van der Waals surface area (Å²) in [5, 5.41) is 3.37. The first-order valence-corrected chi connectivity index (χ1v) is 11.0. The molecule has 0 aromatic rings. The quantitative estimate of drug-likeness (QED) is 0.765. The van der Waals surface area contributed by atoms with E-state index in [9.17, 15) is 13.2 Å². The van der Waals surface area contributed by atoms with Crippen LogP contribution in [0.25, 0.3) is 0 Å². The number of carbonyl (C=O) groups is 1. The minimum atomic E-state index is -2.95. The van der Waals surface area contributed by atoms with E-state index in [1.807, 2.05) is 4.90 Å². The van der Waals surface area contributed by atoms with Crippen LogP contribution in [0.3, 0.4) is 0 Å². The second-order valence-corrected chi connectivity index (χ2v) is 9.50. The number of nitrogens with zero attached hydrogens (tertiary/aromatic N) is 1. The monoisotopic (exact) mass is 344 g/mol. The fraction of sp³-hybridized carbons (Fsp3) is 0.941. The largest absolute Gasteiger partial charge is 0.339 e. The molecule has 2 atom stereocenters. The van der Waals surface area contributed by atoms with Gasteiger partial charge in [-0.15, -0.1) is 0 Å². The van der Waals surface area contributed by atoms with Crippen molar-refractivity contribution in [3.63, 3.8) is 0 Å². The molecule has 2 rings (SSSR count). The van der Waals surface area contributed by atoms with E-state index in [-0.39, 0.29) is 23.5 Å². The van der Waals surface area contributed by atoms with Crippen molar-refractivity contribution in [3.8, 4) is 0 Å². The van der Waals surface area contributed by atoms with Gasteiger partial charge in [0.1, 0.15) is 0 Å². The van der Waals surface area contributed by atoms with Crippen molar-refractivity contribution in [2.75, 3.05) is 31.1 Å². The first-order valence-electron chi connectivity index (χ1n) is 9.13. The molecule has 2 fully saturated rings. The summed E-state index contributed by atoms with van der Waals surface area (Å²) in [7, 11) is -2.95. The zero-order valence-electron chi connectivity index (χ0n) is 14.6. The van der Waals surface area contributed by atoms with Crippen molar-refractivity contribution in [1.82, 2.24) is 10.2 Å². The van der Waals surface area contributed by atoms with Crippen LogP contribution in [0.1, 0.15) is 52.4 Å². The molecule has 2 heterocycles. The highest BCUT2D eigenvalue weighted by molar-refractivity contribution is 7.91. The molecule has 5 nitrogen and oxygen atoms in total. The van der Waals surface area contributed by atoms with Gasteiger partial charge >= 0.3 is 0 Å². The number of nitrogens with one attached hydrogen (secondary N) is 1. The maximum atomic E-state index is 12.8. The molecule has 134 valence electrons. The Hall–Kier alpha value is -0.620. The lowest BCUT2D eigenvalue weighted by Gasteiger charge is -2.32. The van der Waals surface area contributed by atoms with E-state index in [1.165, 1.54) is 0 Å². The first kappa shape index (κ1) is 18.7. The molecule has 1 N–H and O–H groups in total. The van der Waals surface area contributed by atoms with Gasteiger partial charge in [0.25, 0.3) is 0 Å². The summed E-state index contributed by atoms with van der Waals surface area (Å²) in [6.45, 7) is 7.07. The zero-order valence-corrected chi connectivity index (χ0v) is 15.4. The molecule has 2 aliphatic heterocycles. The Morgan fingerprint density at radius 1 is 1.26 bits per heavy atom. The Labute approximate surface area is 141 Å². The number of unbranched alkanes of at least 4 members (excludes halogenated alkanes) is 1. The highest BCUT2D eigenvalue weighted by atomic mass is 32.2. The molecule has 0 radical (unpaired) electrons. The average Bonchev–Trinajstić information content (AvgIpc) is 2.88. The van der Waals surface area contributed by atoms with Gasteiger partial charge in [-0.25, -0.2) is 8.42 Å². The second kappa shape index (κ2) is 8.47. The fourth-order valence-electron chi connectivity index (χ4n) is 3.83. The van der Waals surface area contributed by atoms with E-state index in [0.29, 0.717) is 31.2 Å². The highest BCUT2D eigenvalue weighted by Crippen LogP contribution is 2.26. The normalized spacial score (nSPS) is 26.1. The third-order valence-electron chi connectivity index (χ3n) is 5.41. The lowest BCUT2D eigenvalue weighted by Crippen LogP contribution is -2.43. The van der Waals surface area contributed by atoms with E-state index in [2.05, 4.69) is 19.2 Å². The van der Waals surface area contributed by atoms with E-state index in [0.717, 1.165) is 38.8 Å². The minimum Gasteiger partial charge on any atom is -0.339 e. The van der Waals surface area contributed by atoms with Gasteiger partial charge in [-0.2, -0.15) is 0 Å². The van der Waals surface area contributed by atoms with Crippen LogP contribution in [0.5, 0.6) is 0 Å². The number of hydrogen-bond donors (Lipinski definition) is 1. The topological polar surface area (TPSA) is 66.5 Å². The molecule has 23 heavy (non-hydrogen) atoms. The summed E-state index contributed by atoms with van der Waals surface area (Å²) in [6.07, 6.45) is 5.42. The maximum Gasteiger partial charge on any atom is 0.223 e. The molecular formula is C17H32N2O3S. The van der Waals surface area contributed by atoms with Gasteiger partial charge in [0, 0.05) is 19.0 Å². The van der Waals surface area contributed by atoms with Crippen molar-refractivity contribution in [2.24, 2.45) is 11.8 Å². The van der Waals surface area contributed by atoms with Crippen LogP contribution in [0.15, 0.2) is 0 Å². The van der Waals surface area contributed by atoms with Crippen LogP contribution in [-0.2, 0) is 14.6 Å². The van der Waals surface area contributed by atoms with Crippen molar-refractivity contribution < 1.29 is 13.2 Å². The lowest BCUT2D eigenvalue weighted by molar-refractivity contribution is -0.134. The van der Waals surface area contributed by atoms with Crippen molar-refractivity contribution in [1.29, 1.82) is 0 Å². The molecular weight excluding hydrogens is 312 g/mol. The van der Waals surface area contributed by atoms with Gasteiger partial charge < -0.3 is 10.2 Å². The minimum absolute atomic E-state index is 0.0979. The number of sulfone groups is 1. The van der Waals surface area contributed by atoms with E-state index < -0.39 is 9.84 Å². The Kier molecular flexibility index (Phi) is 6.89. The molecule has 0 bridgehead atoms. The maximum absolute atomic E-state index is 12.8. The summed E-state index contributed by atoms with van der Waals surface area (Å²) < 4.78 is 23.5. The van der Waals surface area contributed by atoms with Crippen LogP contribution >= 0.6 is 0 Å². The summed E-state index contributed by atoms with van der Waals surface area (Å²) in [5.74, 6) is 1.54. The lowest BCUT2D eigenvalue weighted by atomic mass is 9.84. The van der Waals surface area contributed by atoms with Gasteiger partial charge in [0.2, 0.25) is 5.91 Å². The molecule has 6 heteroatoms. The van der Waals surface area contributed by atoms with Gasteiger partial charge in [0.15, 0.2) is 9.84 Å². The van der Waals surface area contributed by atoms with E-state index in [1.54, 1.807) is 0 Å². The summed E-state index contributed by atoms with van der Waals surface area (Å²) in [5.41, 5.74) is 0. The van der Waals surface area contributed by atoms with E-state index in [4.69, 9.17) is 0 Å². The Balaban J connectivity index is 1.95. The fourth-order valence-corrected chi connectivity index (χ4v) is 5.56. The molecule has 0 aliphatic carbocycles. The Morgan fingerprint density at radius 3 is 2.52 bits per heavy atom. The second-order valence-electron chi connectivity index (χ2n) is 7.27. The number of hydrogen-bond acceptors (Lipinski definition) is 4. The third-order valence-corrected chi connectivity index (χ3v) is 7.16. The van der Waals surface area contributed by atoms with Crippen molar-refractivity contribution in [2.45, 2.75) is 58.4 Å². The number of carbonyl (C=O) groups excluding carboxylic acids is 1. The van der Waals surface area contributed by atoms with Crippen LogP contribution in [0.4, 0.5) is 0 Å². The molecule has 2 aliphatic rings. The predicted octanol–water partition coefficient (Wildman–Crippen LogP) is 1.83. The van der Waals surface area contributed by atoms with Crippen molar-refractivity contribution in [3.05, 3.63) is 0 Å². The molecule has 2 unspecified atom stereocenters. The highest BCUT2D eigenvalue weighted by Gasteiger charge is 2.35. The molecule has 1 amide bonds. The van der Waals surface area contributed by atoms with Crippen LogP contribution < -0.4 is 5.32 Å². The number of rotatable bonds is 7. The van der Waals surface area contributed by atoms with Crippen LogP contribution in [0.2, 0.25) is 0 Å². The molecule has 0 aromatic carbocycles. The average molecular weight is 345 g/mol. The Bertz CT molecular complexity index is 486.